The molecule has 5 aromatic rings. The second kappa shape index (κ2) is 23.3. The van der Waals surface area contributed by atoms with Gasteiger partial charge in [-0.3, -0.25) is 14.5 Å². The van der Waals surface area contributed by atoms with Crippen LogP contribution >= 0.6 is 0 Å². The van der Waals surface area contributed by atoms with Gasteiger partial charge in [0.15, 0.2) is 8.32 Å². The molecular formula is C53H74N4O7Si. The van der Waals surface area contributed by atoms with Crippen molar-refractivity contribution < 1.29 is 28.6 Å². The third-order valence-corrected chi connectivity index (χ3v) is 15.6. The predicted octanol–water partition coefficient (Wildman–Crippen LogP) is 11.8. The first-order valence-corrected chi connectivity index (χ1v) is 25.6. The van der Waals surface area contributed by atoms with E-state index in [1.807, 2.05) is 66.7 Å². The van der Waals surface area contributed by atoms with Crippen molar-refractivity contribution in [2.75, 3.05) is 32.0 Å². The number of aromatic nitrogens is 1. The topological polar surface area (TPSA) is 133 Å². The molecule has 4 aromatic carbocycles. The molecule has 5 rings (SSSR count). The Morgan fingerprint density at radius 2 is 1.38 bits per heavy atom. The number of carbonyl (C=O) groups excluding carboxylic acids is 1. The van der Waals surface area contributed by atoms with Crippen molar-refractivity contribution in [3.63, 3.8) is 0 Å². The predicted molar refractivity (Wildman–Crippen MR) is 267 cm³/mol. The zero-order valence-electron chi connectivity index (χ0n) is 40.9. The van der Waals surface area contributed by atoms with Crippen molar-refractivity contribution in [2.45, 2.75) is 130 Å². The molecule has 12 heteroatoms. The molecule has 0 fully saturated rings. The number of hydrogen-bond donors (Lipinski definition) is 3. The molecule has 65 heavy (non-hydrogen) atoms. The maximum Gasteiger partial charge on any atom is 0.407 e. The van der Waals surface area contributed by atoms with Gasteiger partial charge in [0.25, 0.3) is 0 Å². The Hall–Kier alpha value is -5.27. The Labute approximate surface area is 388 Å². The highest BCUT2D eigenvalue weighted by molar-refractivity contribution is 6.74. The Bertz CT molecular complexity index is 2320. The summed E-state index contributed by atoms with van der Waals surface area (Å²) in [5.41, 5.74) is 5.42. The van der Waals surface area contributed by atoms with E-state index >= 15 is 0 Å². The largest absolute Gasteiger partial charge is 0.487 e. The zero-order chi connectivity index (χ0) is 48.0. The molecule has 0 aliphatic heterocycles. The van der Waals surface area contributed by atoms with E-state index < -0.39 is 14.4 Å². The summed E-state index contributed by atoms with van der Waals surface area (Å²) in [6.45, 7) is 26.4. The number of anilines is 1. The van der Waals surface area contributed by atoms with Crippen molar-refractivity contribution in [3.8, 4) is 5.75 Å². The normalized spacial score (nSPS) is 12.6. The molecule has 1 atom stereocenters. The number of fused-ring (bicyclic) bond motifs is 1. The highest BCUT2D eigenvalue weighted by Crippen LogP contribution is 2.42. The smallest absolute Gasteiger partial charge is 0.407 e. The van der Waals surface area contributed by atoms with Crippen LogP contribution < -0.4 is 15.6 Å². The van der Waals surface area contributed by atoms with E-state index in [4.69, 9.17) is 19.0 Å². The number of aromatic amines is 1. The first-order chi connectivity index (χ1) is 30.4. The monoisotopic (exact) mass is 907 g/mol. The second-order valence-electron chi connectivity index (χ2n) is 20.3. The van der Waals surface area contributed by atoms with Gasteiger partial charge in [-0.1, -0.05) is 99.6 Å². The molecule has 0 aliphatic rings. The summed E-state index contributed by atoms with van der Waals surface area (Å²) >= 11 is 0. The number of hydrogen-bond acceptors (Lipinski definition) is 7. The Morgan fingerprint density at radius 1 is 0.769 bits per heavy atom. The molecule has 0 saturated carbocycles. The van der Waals surface area contributed by atoms with Crippen molar-refractivity contribution in [1.29, 1.82) is 0 Å². The molecule has 3 N–H and O–H groups in total. The molecule has 1 heterocycles. The lowest BCUT2D eigenvalue weighted by atomic mass is 10.0. The average molecular weight is 907 g/mol. The fourth-order valence-electron chi connectivity index (χ4n) is 7.23. The average Bonchev–Trinajstić information content (AvgIpc) is 3.21. The van der Waals surface area contributed by atoms with Crippen molar-refractivity contribution in [1.82, 2.24) is 14.8 Å². The Kier molecular flexibility index (Phi) is 18.7. The Balaban J connectivity index is 0.000000926. The molecule has 11 nitrogen and oxygen atoms in total. The standard InChI is InChI=1S/C45H56N4O6Si.C8H18O/c1-45(2,3)56(5,6)55-40(37-22-24-39(43-38(37)23-25-42(51)47-43)54-32-35-17-11-8-12-18-35)31-49(30-34-15-9-7-10-16-34)28-26-33-19-13-20-36(29-33)46-41(50)21-14-27-48(4)44(52)53;1-7(2,3)9-8(4,5)6/h7-13,15-20,22-25,29,40H,14,21,26-28,30-32H2,1-6H3,(H,46,50)(H,47,51)(H,52,53);1-6H3/t40-;/m0./s1. The molecule has 0 bridgehead atoms. The van der Waals surface area contributed by atoms with Crippen LogP contribution in [-0.2, 0) is 33.5 Å². The van der Waals surface area contributed by atoms with E-state index in [9.17, 15) is 14.4 Å². The second-order valence-corrected chi connectivity index (χ2v) is 25.0. The van der Waals surface area contributed by atoms with Crippen molar-refractivity contribution in [3.05, 3.63) is 142 Å². The molecule has 0 unspecified atom stereocenters. The third kappa shape index (κ3) is 17.9. The third-order valence-electron chi connectivity index (χ3n) is 11.2. The molecule has 0 radical (unpaired) electrons. The number of nitrogens with zero attached hydrogens (tertiary/aromatic N) is 2. The van der Waals surface area contributed by atoms with Gasteiger partial charge < -0.3 is 34.2 Å². The van der Waals surface area contributed by atoms with Gasteiger partial charge in [-0.2, -0.15) is 0 Å². The molecule has 0 saturated heterocycles. The van der Waals surface area contributed by atoms with Crippen molar-refractivity contribution in [2.24, 2.45) is 0 Å². The van der Waals surface area contributed by atoms with E-state index in [2.05, 4.69) is 127 Å². The van der Waals surface area contributed by atoms with Crippen LogP contribution in [0.3, 0.4) is 0 Å². The summed E-state index contributed by atoms with van der Waals surface area (Å²) in [5, 5.41) is 12.9. The lowest BCUT2D eigenvalue weighted by Gasteiger charge is -2.41. The van der Waals surface area contributed by atoms with E-state index in [0.717, 1.165) is 35.0 Å². The summed E-state index contributed by atoms with van der Waals surface area (Å²) in [4.78, 5) is 43.2. The van der Waals surface area contributed by atoms with Crippen LogP contribution in [0.5, 0.6) is 5.75 Å². The van der Waals surface area contributed by atoms with Crippen molar-refractivity contribution >= 4 is 36.9 Å². The van der Waals surface area contributed by atoms with Gasteiger partial charge in [-0.25, -0.2) is 4.79 Å². The zero-order valence-corrected chi connectivity index (χ0v) is 41.9. The highest BCUT2D eigenvalue weighted by Gasteiger charge is 2.40. The van der Waals surface area contributed by atoms with E-state index in [1.165, 1.54) is 17.5 Å². The lowest BCUT2D eigenvalue weighted by Crippen LogP contribution is -2.44. The number of pyridine rings is 1. The number of amides is 2. The van der Waals surface area contributed by atoms with E-state index in [1.54, 1.807) is 6.07 Å². The lowest BCUT2D eigenvalue weighted by molar-refractivity contribution is -0.116. The first-order valence-electron chi connectivity index (χ1n) is 22.7. The van der Waals surface area contributed by atoms with E-state index in [0.29, 0.717) is 49.6 Å². The fourth-order valence-corrected chi connectivity index (χ4v) is 8.50. The molecule has 0 aliphatic carbocycles. The molecular weight excluding hydrogens is 833 g/mol. The summed E-state index contributed by atoms with van der Waals surface area (Å²) < 4.78 is 19.3. The van der Waals surface area contributed by atoms with Gasteiger partial charge in [0.1, 0.15) is 12.4 Å². The van der Waals surface area contributed by atoms with Gasteiger partial charge in [0.2, 0.25) is 11.5 Å². The van der Waals surface area contributed by atoms with Gasteiger partial charge in [-0.15, -0.1) is 0 Å². The summed E-state index contributed by atoms with van der Waals surface area (Å²) in [6.07, 6.45) is 0.0689. The van der Waals surface area contributed by atoms with Crippen LogP contribution in [0.1, 0.15) is 104 Å². The van der Waals surface area contributed by atoms with Gasteiger partial charge >= 0.3 is 6.09 Å². The number of H-pyrrole nitrogens is 1. The number of ether oxygens (including phenoxy) is 2. The van der Waals surface area contributed by atoms with Crippen LogP contribution in [0.4, 0.5) is 10.5 Å². The molecule has 2 amide bonds. The number of carbonyl (C=O) groups is 2. The molecule has 1 aromatic heterocycles. The number of nitrogens with one attached hydrogen (secondary N) is 2. The van der Waals surface area contributed by atoms with Crippen LogP contribution in [0.25, 0.3) is 10.9 Å². The van der Waals surface area contributed by atoms with Crippen LogP contribution in [-0.4, -0.2) is 78.1 Å². The number of carboxylic acid groups (broad SMARTS) is 1. The van der Waals surface area contributed by atoms with E-state index in [-0.39, 0.29) is 40.2 Å². The van der Waals surface area contributed by atoms with Gasteiger partial charge in [0, 0.05) is 56.8 Å². The minimum absolute atomic E-state index is 0.0156. The summed E-state index contributed by atoms with van der Waals surface area (Å²) in [6, 6.07) is 35.8. The molecule has 352 valence electrons. The highest BCUT2D eigenvalue weighted by atomic mass is 28.4. The minimum Gasteiger partial charge on any atom is -0.487 e. The van der Waals surface area contributed by atoms with Crippen LogP contribution in [0.15, 0.2) is 114 Å². The van der Waals surface area contributed by atoms with Crippen LogP contribution in [0, 0.1) is 0 Å². The SMILES string of the molecule is CC(C)(C)OC(C)(C)C.CN(CCCC(=O)Nc1cccc(CCN(Cc2ccccc2)C[C@H](O[Si](C)(C)C(C)(C)C)c2ccc(OCc3ccccc3)c3[nH]c(=O)ccc23)c1)C(=O)O. The van der Waals surface area contributed by atoms with Crippen LogP contribution in [0.2, 0.25) is 18.1 Å². The van der Waals surface area contributed by atoms with Gasteiger partial charge in [-0.05, 0) is 119 Å². The number of rotatable bonds is 18. The maximum absolute atomic E-state index is 12.7. The van der Waals surface area contributed by atoms with Gasteiger partial charge in [0.05, 0.1) is 22.8 Å². The number of benzene rings is 4. The quantitative estimate of drug-likeness (QED) is 0.0740. The Morgan fingerprint density at radius 3 is 1.97 bits per heavy atom. The summed E-state index contributed by atoms with van der Waals surface area (Å²) in [5.74, 6) is 0.458. The first kappa shape index (κ1) is 52.4. The minimum atomic E-state index is -2.31. The fraction of sp³-hybridized carbons (Fsp3) is 0.453. The maximum atomic E-state index is 12.7. The summed E-state index contributed by atoms with van der Waals surface area (Å²) in [7, 11) is -0.819. The molecule has 0 spiro atoms.